The van der Waals surface area contributed by atoms with E-state index < -0.39 is 20.5 Å². The molecule has 4 rings (SSSR count). The Morgan fingerprint density at radius 3 is 2.53 bits per heavy atom. The van der Waals surface area contributed by atoms with Crippen LogP contribution < -0.4 is 15.5 Å². The number of hydroxylamine groups is 1. The van der Waals surface area contributed by atoms with Gasteiger partial charge in [-0.3, -0.25) is 10.0 Å². The Bertz CT molecular complexity index is 1300. The fraction of sp³-hybridized carbons (Fsp3) is 0.440. The quantitative estimate of drug-likeness (QED) is 0.212. The summed E-state index contributed by atoms with van der Waals surface area (Å²) in [4.78, 5) is 17.0. The molecule has 3 aromatic rings. The molecule has 0 unspecified atom stereocenters. The van der Waals surface area contributed by atoms with Crippen molar-refractivity contribution in [1.82, 2.24) is 15.0 Å². The van der Waals surface area contributed by atoms with Crippen LogP contribution in [0.4, 0.5) is 5.95 Å². The Balaban J connectivity index is 1.35. The molecule has 11 heteroatoms. The van der Waals surface area contributed by atoms with Crippen LogP contribution in [0.5, 0.6) is 5.75 Å². The first-order valence-corrected chi connectivity index (χ1v) is 13.5. The van der Waals surface area contributed by atoms with Crippen LogP contribution in [-0.4, -0.2) is 60.2 Å². The fourth-order valence-corrected chi connectivity index (χ4v) is 6.46. The second-order valence-electron chi connectivity index (χ2n) is 9.04. The molecule has 0 radical (unpaired) electrons. The van der Waals surface area contributed by atoms with Gasteiger partial charge in [0.05, 0.1) is 22.5 Å². The van der Waals surface area contributed by atoms with Crippen molar-refractivity contribution in [2.24, 2.45) is 0 Å². The van der Waals surface area contributed by atoms with E-state index in [9.17, 15) is 13.2 Å². The molecule has 0 bridgehead atoms. The summed E-state index contributed by atoms with van der Waals surface area (Å²) in [6.45, 7) is 5.56. The second kappa shape index (κ2) is 10.9. The van der Waals surface area contributed by atoms with E-state index in [4.69, 9.17) is 14.7 Å². The van der Waals surface area contributed by atoms with Gasteiger partial charge in [-0.2, -0.15) is 0 Å². The van der Waals surface area contributed by atoms with Crippen molar-refractivity contribution >= 4 is 32.7 Å². The molecule has 1 aliphatic rings. The molecule has 0 saturated carbocycles. The Labute approximate surface area is 210 Å². The van der Waals surface area contributed by atoms with Crippen LogP contribution in [0.3, 0.4) is 0 Å². The van der Waals surface area contributed by atoms with Crippen LogP contribution >= 0.6 is 0 Å². The number of anilines is 1. The highest BCUT2D eigenvalue weighted by atomic mass is 32.2. The predicted molar refractivity (Wildman–Crippen MR) is 135 cm³/mol. The number of ether oxygens (including phenoxy) is 2. The Morgan fingerprint density at radius 1 is 1.17 bits per heavy atom. The number of hydrogen-bond acceptors (Lipinski definition) is 8. The molecule has 2 heterocycles. The van der Waals surface area contributed by atoms with Crippen LogP contribution in [0.2, 0.25) is 0 Å². The van der Waals surface area contributed by atoms with E-state index in [0.29, 0.717) is 25.3 Å². The predicted octanol–water partition coefficient (Wildman–Crippen LogP) is 3.33. The molecule has 194 valence electrons. The highest BCUT2D eigenvalue weighted by molar-refractivity contribution is 7.93. The van der Waals surface area contributed by atoms with Crippen molar-refractivity contribution in [2.75, 3.05) is 31.7 Å². The molecule has 36 heavy (non-hydrogen) atoms. The first kappa shape index (κ1) is 25.9. The van der Waals surface area contributed by atoms with E-state index in [-0.39, 0.29) is 37.0 Å². The van der Waals surface area contributed by atoms with E-state index in [1.807, 2.05) is 18.2 Å². The van der Waals surface area contributed by atoms with Gasteiger partial charge >= 0.3 is 0 Å². The van der Waals surface area contributed by atoms with Gasteiger partial charge in [-0.25, -0.2) is 18.9 Å². The summed E-state index contributed by atoms with van der Waals surface area (Å²) in [7, 11) is -4.06. The number of carbonyl (C=O) groups is 1. The maximum atomic E-state index is 13.3. The number of para-hydroxylation sites is 2. The monoisotopic (exact) mass is 516 g/mol. The largest absolute Gasteiger partial charge is 0.494 e. The average molecular weight is 517 g/mol. The smallest absolute Gasteiger partial charge is 0.265 e. The molecule has 1 aromatic heterocycles. The topological polar surface area (TPSA) is 132 Å². The molecule has 3 N–H and O–H groups in total. The number of nitrogens with one attached hydrogen (secondary N) is 2. The van der Waals surface area contributed by atoms with E-state index >= 15 is 0 Å². The first-order chi connectivity index (χ1) is 17.3. The zero-order valence-corrected chi connectivity index (χ0v) is 21.3. The molecule has 1 saturated heterocycles. The Kier molecular flexibility index (Phi) is 7.82. The highest BCUT2D eigenvalue weighted by Gasteiger charge is 2.52. The molecule has 0 aliphatic carbocycles. The first-order valence-electron chi connectivity index (χ1n) is 12.0. The van der Waals surface area contributed by atoms with E-state index in [1.165, 1.54) is 17.6 Å². The van der Waals surface area contributed by atoms with Crippen molar-refractivity contribution in [3.8, 4) is 5.75 Å². The van der Waals surface area contributed by atoms with Crippen LogP contribution in [0.15, 0.2) is 53.4 Å². The number of benzene rings is 2. The molecule has 1 amide bonds. The van der Waals surface area contributed by atoms with Gasteiger partial charge in [0.1, 0.15) is 5.75 Å². The summed E-state index contributed by atoms with van der Waals surface area (Å²) in [6, 6.07) is 14.3. The lowest BCUT2D eigenvalue weighted by molar-refractivity contribution is -0.134. The lowest BCUT2D eigenvalue weighted by Crippen LogP contribution is -2.54. The molecule has 0 spiro atoms. The minimum absolute atomic E-state index is 0.00500. The van der Waals surface area contributed by atoms with Crippen molar-refractivity contribution in [3.63, 3.8) is 0 Å². The molecular weight excluding hydrogens is 484 g/mol. The van der Waals surface area contributed by atoms with Gasteiger partial charge < -0.3 is 19.4 Å². The van der Waals surface area contributed by atoms with Gasteiger partial charge in [-0.15, -0.1) is 0 Å². The van der Waals surface area contributed by atoms with Crippen molar-refractivity contribution < 1.29 is 27.9 Å². The number of sulfone groups is 1. The molecule has 1 fully saturated rings. The standard InChI is InChI=1S/C25H32N4O6S/c1-18(2)29-22-7-4-3-6-21(22)27-24(29)26-14-5-15-35-19-8-10-20(11-9-19)36(32,33)25(23(30)28-31)12-16-34-17-13-25/h3-4,6-11,18,31H,5,12-17H2,1-2H3,(H,26,27)(H,28,30). The second-order valence-corrected chi connectivity index (χ2v) is 11.3. The molecule has 10 nitrogen and oxygen atoms in total. The van der Waals surface area contributed by atoms with E-state index in [0.717, 1.165) is 17.0 Å². The fourth-order valence-electron chi connectivity index (χ4n) is 4.52. The number of hydrogen-bond donors (Lipinski definition) is 3. The number of rotatable bonds is 10. The van der Waals surface area contributed by atoms with Crippen LogP contribution in [0, 0.1) is 0 Å². The van der Waals surface area contributed by atoms with Gasteiger partial charge in [0, 0.05) is 25.8 Å². The van der Waals surface area contributed by atoms with Gasteiger partial charge in [-0.1, -0.05) is 12.1 Å². The van der Waals surface area contributed by atoms with Crippen molar-refractivity contribution in [2.45, 2.75) is 48.8 Å². The third-order valence-corrected chi connectivity index (χ3v) is 8.96. The SMILES string of the molecule is CC(C)n1c(NCCCOc2ccc(S(=O)(=O)C3(C(=O)NO)CCOCC3)cc2)nc2ccccc21. The number of amides is 1. The van der Waals surface area contributed by atoms with Gasteiger partial charge in [0.2, 0.25) is 5.95 Å². The normalized spacial score (nSPS) is 15.7. The van der Waals surface area contributed by atoms with Gasteiger partial charge in [-0.05, 0) is 69.5 Å². The number of nitrogens with zero attached hydrogens (tertiary/aromatic N) is 2. The van der Waals surface area contributed by atoms with Crippen LogP contribution in [-0.2, 0) is 19.4 Å². The molecule has 1 aliphatic heterocycles. The maximum Gasteiger partial charge on any atom is 0.265 e. The van der Waals surface area contributed by atoms with Crippen molar-refractivity contribution in [1.29, 1.82) is 0 Å². The third-order valence-electron chi connectivity index (χ3n) is 6.45. The maximum absolute atomic E-state index is 13.3. The number of fused-ring (bicyclic) bond motifs is 1. The average Bonchev–Trinajstić information content (AvgIpc) is 3.27. The lowest BCUT2D eigenvalue weighted by Gasteiger charge is -2.34. The summed E-state index contributed by atoms with van der Waals surface area (Å²) in [5.41, 5.74) is 3.55. The number of carbonyl (C=O) groups excluding carboxylic acids is 1. The summed E-state index contributed by atoms with van der Waals surface area (Å²) in [5.74, 6) is 0.398. The van der Waals surface area contributed by atoms with Gasteiger partial charge in [0.25, 0.3) is 5.91 Å². The zero-order chi connectivity index (χ0) is 25.8. The van der Waals surface area contributed by atoms with Crippen molar-refractivity contribution in [3.05, 3.63) is 48.5 Å². The summed E-state index contributed by atoms with van der Waals surface area (Å²) < 4.78 is 38.0. The summed E-state index contributed by atoms with van der Waals surface area (Å²) in [5, 5.41) is 12.5. The minimum Gasteiger partial charge on any atom is -0.494 e. The molecular formula is C25H32N4O6S. The Morgan fingerprint density at radius 2 is 1.86 bits per heavy atom. The van der Waals surface area contributed by atoms with Gasteiger partial charge in [0.15, 0.2) is 14.6 Å². The zero-order valence-electron chi connectivity index (χ0n) is 20.4. The van der Waals surface area contributed by atoms with Crippen LogP contribution in [0.1, 0.15) is 39.2 Å². The minimum atomic E-state index is -4.06. The summed E-state index contributed by atoms with van der Waals surface area (Å²) >= 11 is 0. The summed E-state index contributed by atoms with van der Waals surface area (Å²) in [6.07, 6.45) is 0.649. The Hall–Kier alpha value is -3.15. The molecule has 0 atom stereocenters. The number of imidazole rings is 1. The highest BCUT2D eigenvalue weighted by Crippen LogP contribution is 2.35. The van der Waals surface area contributed by atoms with Crippen LogP contribution in [0.25, 0.3) is 11.0 Å². The van der Waals surface area contributed by atoms with E-state index in [1.54, 1.807) is 12.1 Å². The third kappa shape index (κ3) is 4.91. The number of aromatic nitrogens is 2. The molecule has 2 aromatic carbocycles. The van der Waals surface area contributed by atoms with E-state index in [2.05, 4.69) is 34.8 Å². The lowest BCUT2D eigenvalue weighted by atomic mass is 9.98.